The van der Waals surface area contributed by atoms with Gasteiger partial charge in [0.05, 0.1) is 0 Å². The number of pyridine rings is 1. The van der Waals surface area contributed by atoms with Gasteiger partial charge in [-0.25, -0.2) is 4.98 Å². The van der Waals surface area contributed by atoms with Gasteiger partial charge in [0.2, 0.25) is 5.88 Å². The number of ether oxygens (including phenoxy) is 1. The Morgan fingerprint density at radius 3 is 2.63 bits per heavy atom. The molecule has 6 nitrogen and oxygen atoms in total. The van der Waals surface area contributed by atoms with Crippen molar-refractivity contribution in [3.05, 3.63) is 23.9 Å². The number of piperidine rings is 1. The molecule has 0 spiro atoms. The molecule has 1 aliphatic heterocycles. The summed E-state index contributed by atoms with van der Waals surface area (Å²) in [6, 6.07) is 4.57. The molecule has 150 valence electrons. The Kier molecular flexibility index (Phi) is 7.75. The molecule has 0 atom stereocenters. The van der Waals surface area contributed by atoms with Crippen LogP contribution < -0.4 is 15.4 Å². The van der Waals surface area contributed by atoms with Crippen molar-refractivity contribution in [1.29, 1.82) is 0 Å². The first kappa shape index (κ1) is 19.9. The zero-order valence-corrected chi connectivity index (χ0v) is 16.9. The highest BCUT2D eigenvalue weighted by Gasteiger charge is 2.19. The maximum absolute atomic E-state index is 5.93. The van der Waals surface area contributed by atoms with E-state index in [1.165, 1.54) is 51.7 Å². The molecule has 2 heterocycles. The van der Waals surface area contributed by atoms with Crippen molar-refractivity contribution >= 4 is 5.96 Å². The van der Waals surface area contributed by atoms with E-state index in [0.717, 1.165) is 30.2 Å². The average molecular weight is 374 g/mol. The average Bonchev–Trinajstić information content (AvgIpc) is 3.21. The first-order valence-electron chi connectivity index (χ1n) is 10.6. The highest BCUT2D eigenvalue weighted by Crippen LogP contribution is 2.22. The van der Waals surface area contributed by atoms with Gasteiger partial charge in [0, 0.05) is 45.0 Å². The molecule has 1 aliphatic carbocycles. The molecule has 1 aromatic rings. The Hall–Kier alpha value is -1.82. The van der Waals surface area contributed by atoms with E-state index >= 15 is 0 Å². The number of hydrogen-bond donors (Lipinski definition) is 2. The summed E-state index contributed by atoms with van der Waals surface area (Å²) >= 11 is 0. The normalized spacial score (nSPS) is 20.0. The molecule has 1 saturated heterocycles. The molecular weight excluding hydrogens is 338 g/mol. The van der Waals surface area contributed by atoms with Gasteiger partial charge in [-0.15, -0.1) is 0 Å². The van der Waals surface area contributed by atoms with Crippen LogP contribution >= 0.6 is 0 Å². The van der Waals surface area contributed by atoms with Crippen molar-refractivity contribution in [3.63, 3.8) is 0 Å². The maximum Gasteiger partial charge on any atom is 0.213 e. The van der Waals surface area contributed by atoms with Crippen molar-refractivity contribution in [1.82, 2.24) is 20.5 Å². The Balaban J connectivity index is 1.40. The Bertz CT molecular complexity index is 575. The van der Waals surface area contributed by atoms with Gasteiger partial charge in [-0.2, -0.15) is 0 Å². The third kappa shape index (κ3) is 6.38. The van der Waals surface area contributed by atoms with E-state index in [9.17, 15) is 0 Å². The summed E-state index contributed by atoms with van der Waals surface area (Å²) in [5.41, 5.74) is 1.13. The van der Waals surface area contributed by atoms with E-state index in [0.29, 0.717) is 18.7 Å². The van der Waals surface area contributed by atoms with Gasteiger partial charge in [-0.3, -0.25) is 4.99 Å². The fourth-order valence-electron chi connectivity index (χ4n) is 3.95. The van der Waals surface area contributed by atoms with Crippen molar-refractivity contribution in [2.75, 3.05) is 26.7 Å². The predicted molar refractivity (Wildman–Crippen MR) is 110 cm³/mol. The summed E-state index contributed by atoms with van der Waals surface area (Å²) in [5.74, 6) is 1.61. The number of nitrogens with one attached hydrogen (secondary N) is 2. The van der Waals surface area contributed by atoms with E-state index in [1.807, 2.05) is 19.3 Å². The minimum atomic E-state index is 0.355. The zero-order valence-electron chi connectivity index (χ0n) is 16.9. The first-order valence-corrected chi connectivity index (χ1v) is 10.6. The van der Waals surface area contributed by atoms with Crippen LogP contribution in [-0.4, -0.2) is 54.7 Å². The van der Waals surface area contributed by atoms with Crippen LogP contribution in [0, 0.1) is 0 Å². The topological polar surface area (TPSA) is 61.8 Å². The predicted octanol–water partition coefficient (Wildman–Crippen LogP) is 2.94. The summed E-state index contributed by atoms with van der Waals surface area (Å²) in [7, 11) is 1.83. The monoisotopic (exact) mass is 373 g/mol. The quantitative estimate of drug-likeness (QED) is 0.568. The van der Waals surface area contributed by atoms with Gasteiger partial charge in [0.15, 0.2) is 5.96 Å². The molecule has 0 bridgehead atoms. The number of aromatic nitrogens is 1. The summed E-state index contributed by atoms with van der Waals surface area (Å²) in [6.45, 7) is 6.53. The molecule has 0 amide bonds. The molecular formula is C21H35N5O. The van der Waals surface area contributed by atoms with E-state index in [1.54, 1.807) is 0 Å². The fraction of sp³-hybridized carbons (Fsp3) is 0.714. The molecule has 1 saturated carbocycles. The van der Waals surface area contributed by atoms with Crippen LogP contribution in [0.2, 0.25) is 0 Å². The van der Waals surface area contributed by atoms with Crippen LogP contribution in [0.3, 0.4) is 0 Å². The van der Waals surface area contributed by atoms with E-state index in [4.69, 9.17) is 4.74 Å². The summed E-state index contributed by atoms with van der Waals surface area (Å²) < 4.78 is 5.93. The molecule has 2 aliphatic rings. The third-order valence-corrected chi connectivity index (χ3v) is 5.54. The fourth-order valence-corrected chi connectivity index (χ4v) is 3.95. The lowest BCUT2D eigenvalue weighted by atomic mass is 10.1. The Morgan fingerprint density at radius 1 is 1.22 bits per heavy atom. The molecule has 1 aromatic heterocycles. The summed E-state index contributed by atoms with van der Waals surface area (Å²) in [4.78, 5) is 11.4. The largest absolute Gasteiger partial charge is 0.474 e. The highest BCUT2D eigenvalue weighted by atomic mass is 16.5. The number of nitrogens with zero attached hydrogens (tertiary/aromatic N) is 3. The molecule has 0 radical (unpaired) electrons. The highest BCUT2D eigenvalue weighted by molar-refractivity contribution is 5.79. The lowest BCUT2D eigenvalue weighted by molar-refractivity contribution is 0.201. The smallest absolute Gasteiger partial charge is 0.213 e. The van der Waals surface area contributed by atoms with Crippen LogP contribution in [-0.2, 0) is 6.54 Å². The third-order valence-electron chi connectivity index (χ3n) is 5.54. The van der Waals surface area contributed by atoms with Crippen LogP contribution in [0.1, 0.15) is 57.4 Å². The number of rotatable bonds is 7. The number of aliphatic imine (C=N–C) groups is 1. The lowest BCUT2D eigenvalue weighted by Crippen LogP contribution is -2.48. The standard InChI is InChI=1S/C21H35N5O/c1-3-12-26-13-10-18(11-14-26)25-21(22-2)24-16-17-8-9-20(23-15-17)27-19-6-4-5-7-19/h8-9,15,18-19H,3-7,10-14,16H2,1-2H3,(H2,22,24,25). The molecule has 0 unspecified atom stereocenters. The van der Waals surface area contributed by atoms with Gasteiger partial charge in [0.25, 0.3) is 0 Å². The van der Waals surface area contributed by atoms with Crippen LogP contribution in [0.5, 0.6) is 5.88 Å². The Morgan fingerprint density at radius 2 is 2.00 bits per heavy atom. The second kappa shape index (κ2) is 10.5. The van der Waals surface area contributed by atoms with E-state index in [2.05, 4.69) is 38.5 Å². The second-order valence-electron chi connectivity index (χ2n) is 7.72. The molecule has 0 aromatic carbocycles. The summed E-state index contributed by atoms with van der Waals surface area (Å²) in [5, 5.41) is 6.97. The molecule has 2 fully saturated rings. The number of guanidine groups is 1. The van der Waals surface area contributed by atoms with Crippen molar-refractivity contribution in [2.24, 2.45) is 4.99 Å². The van der Waals surface area contributed by atoms with Gasteiger partial charge >= 0.3 is 0 Å². The number of likely N-dealkylation sites (tertiary alicyclic amines) is 1. The molecule has 2 N–H and O–H groups in total. The summed E-state index contributed by atoms with van der Waals surface area (Å²) in [6.07, 6.45) is 10.7. The lowest BCUT2D eigenvalue weighted by Gasteiger charge is -2.32. The maximum atomic E-state index is 5.93. The Labute approximate surface area is 163 Å². The van der Waals surface area contributed by atoms with Crippen LogP contribution in [0.15, 0.2) is 23.3 Å². The van der Waals surface area contributed by atoms with Crippen LogP contribution in [0.25, 0.3) is 0 Å². The zero-order chi connectivity index (χ0) is 18.9. The second-order valence-corrected chi connectivity index (χ2v) is 7.72. The van der Waals surface area contributed by atoms with Crippen molar-refractivity contribution < 1.29 is 4.74 Å². The van der Waals surface area contributed by atoms with Gasteiger partial charge in [-0.1, -0.05) is 13.0 Å². The minimum absolute atomic E-state index is 0.355. The van der Waals surface area contributed by atoms with Crippen LogP contribution in [0.4, 0.5) is 0 Å². The van der Waals surface area contributed by atoms with E-state index in [-0.39, 0.29) is 0 Å². The molecule has 27 heavy (non-hydrogen) atoms. The van der Waals surface area contributed by atoms with Crippen molar-refractivity contribution in [3.8, 4) is 5.88 Å². The SMILES string of the molecule is CCCN1CCC(NC(=NC)NCc2ccc(OC3CCCC3)nc2)CC1. The minimum Gasteiger partial charge on any atom is -0.474 e. The molecule has 3 rings (SSSR count). The van der Waals surface area contributed by atoms with Crippen molar-refractivity contribution in [2.45, 2.75) is 70.6 Å². The van der Waals surface area contributed by atoms with Gasteiger partial charge < -0.3 is 20.3 Å². The number of hydrogen-bond acceptors (Lipinski definition) is 4. The van der Waals surface area contributed by atoms with Gasteiger partial charge in [-0.05, 0) is 57.1 Å². The van der Waals surface area contributed by atoms with E-state index < -0.39 is 0 Å². The first-order chi connectivity index (χ1) is 13.3. The van der Waals surface area contributed by atoms with Gasteiger partial charge in [0.1, 0.15) is 6.10 Å². The molecule has 6 heteroatoms.